The van der Waals surface area contributed by atoms with Gasteiger partial charge in [0.2, 0.25) is 0 Å². The number of rotatable bonds is 4. The fraction of sp³-hybridized carbons (Fsp3) is 0.500. The van der Waals surface area contributed by atoms with E-state index in [9.17, 15) is 4.39 Å². The molecule has 2 aromatic rings. The van der Waals surface area contributed by atoms with Gasteiger partial charge < -0.3 is 5.73 Å². The Hall–Kier alpha value is -2.11. The van der Waals surface area contributed by atoms with Crippen molar-refractivity contribution in [1.29, 1.82) is 0 Å². The van der Waals surface area contributed by atoms with E-state index in [0.717, 1.165) is 18.4 Å². The Balaban J connectivity index is 1.55. The van der Waals surface area contributed by atoms with Crippen molar-refractivity contribution in [3.63, 3.8) is 0 Å². The fourth-order valence-corrected chi connectivity index (χ4v) is 5.91. The van der Waals surface area contributed by atoms with E-state index in [1.807, 2.05) is 12.1 Å². The van der Waals surface area contributed by atoms with Crippen LogP contribution in [0, 0.1) is 41.3 Å². The highest BCUT2D eigenvalue weighted by atomic mass is 19.1. The number of hydrogen-bond donors (Lipinski definition) is 1. The smallest absolute Gasteiger partial charge is 0.123 e. The maximum Gasteiger partial charge on any atom is 0.123 e. The van der Waals surface area contributed by atoms with Crippen molar-refractivity contribution < 1.29 is 4.39 Å². The van der Waals surface area contributed by atoms with Crippen LogP contribution < -0.4 is 5.73 Å². The molecular formula is C28H34FN. The molecule has 30 heavy (non-hydrogen) atoms. The van der Waals surface area contributed by atoms with Crippen molar-refractivity contribution in [2.45, 2.75) is 64.3 Å². The zero-order chi connectivity index (χ0) is 21.3. The first-order valence-electron chi connectivity index (χ1n) is 11.4. The zero-order valence-electron chi connectivity index (χ0n) is 18.3. The summed E-state index contributed by atoms with van der Waals surface area (Å²) in [6.45, 7) is 4.63. The second-order valence-electron chi connectivity index (χ2n) is 10.3. The van der Waals surface area contributed by atoms with Crippen LogP contribution in [0.4, 0.5) is 4.39 Å². The molecule has 0 radical (unpaired) electrons. The lowest BCUT2D eigenvalue weighted by atomic mass is 9.64. The fourth-order valence-electron chi connectivity index (χ4n) is 5.91. The van der Waals surface area contributed by atoms with Crippen molar-refractivity contribution in [1.82, 2.24) is 0 Å². The Labute approximate surface area is 181 Å². The summed E-state index contributed by atoms with van der Waals surface area (Å²) in [5.41, 5.74) is 10.4. The minimum atomic E-state index is -0.154. The van der Waals surface area contributed by atoms with Gasteiger partial charge in [0.05, 0.1) is 0 Å². The van der Waals surface area contributed by atoms with E-state index in [-0.39, 0.29) is 17.3 Å². The number of hydrogen-bond acceptors (Lipinski definition) is 1. The molecule has 0 aromatic heterocycles. The summed E-state index contributed by atoms with van der Waals surface area (Å²) in [4.78, 5) is 0. The molecule has 2 aromatic carbocycles. The van der Waals surface area contributed by atoms with Gasteiger partial charge in [0, 0.05) is 11.6 Å². The topological polar surface area (TPSA) is 26.0 Å². The molecule has 2 aliphatic carbocycles. The van der Waals surface area contributed by atoms with Crippen molar-refractivity contribution in [2.75, 3.05) is 0 Å². The molecule has 0 aliphatic heterocycles. The normalized spacial score (nSPS) is 30.7. The van der Waals surface area contributed by atoms with E-state index >= 15 is 0 Å². The largest absolute Gasteiger partial charge is 0.327 e. The minimum Gasteiger partial charge on any atom is -0.327 e. The maximum atomic E-state index is 13.5. The van der Waals surface area contributed by atoms with Gasteiger partial charge >= 0.3 is 0 Å². The first kappa shape index (κ1) is 21.1. The molecule has 5 atom stereocenters. The van der Waals surface area contributed by atoms with Crippen LogP contribution in [-0.2, 0) is 6.42 Å². The number of terminal acetylenes is 1. The van der Waals surface area contributed by atoms with Crippen molar-refractivity contribution in [3.8, 4) is 12.3 Å². The molecule has 0 saturated heterocycles. The van der Waals surface area contributed by atoms with Crippen LogP contribution in [0.5, 0.6) is 0 Å². The Kier molecular flexibility index (Phi) is 6.03. The lowest BCUT2D eigenvalue weighted by Gasteiger charge is -2.43. The van der Waals surface area contributed by atoms with Crippen LogP contribution in [0.15, 0.2) is 48.5 Å². The molecular weight excluding hydrogens is 369 g/mol. The molecule has 2 aliphatic rings. The SMILES string of the molecule is C#Cc1ccc(CC2CC(c3ccc(F)cc3)CC2C2CCC(C)(C)C(N)C2)cc1. The average molecular weight is 404 g/mol. The Bertz CT molecular complexity index is 890. The first-order valence-corrected chi connectivity index (χ1v) is 11.4. The van der Waals surface area contributed by atoms with Gasteiger partial charge in [0.15, 0.2) is 0 Å². The lowest BCUT2D eigenvalue weighted by molar-refractivity contribution is 0.104. The van der Waals surface area contributed by atoms with Crippen molar-refractivity contribution >= 4 is 0 Å². The van der Waals surface area contributed by atoms with Gasteiger partial charge in [-0.3, -0.25) is 0 Å². The van der Waals surface area contributed by atoms with Crippen LogP contribution >= 0.6 is 0 Å². The Morgan fingerprint density at radius 3 is 2.37 bits per heavy atom. The third-order valence-corrected chi connectivity index (χ3v) is 8.03. The predicted molar refractivity (Wildman–Crippen MR) is 123 cm³/mol. The average Bonchev–Trinajstić information content (AvgIpc) is 3.15. The number of nitrogens with two attached hydrogens (primary N) is 1. The lowest BCUT2D eigenvalue weighted by Crippen LogP contribution is -2.44. The summed E-state index contributed by atoms with van der Waals surface area (Å²) in [5.74, 6) is 5.06. The third kappa shape index (κ3) is 4.47. The summed E-state index contributed by atoms with van der Waals surface area (Å²) in [6.07, 6.45) is 12.6. The van der Waals surface area contributed by atoms with Gasteiger partial charge in [-0.05, 0) is 103 Å². The van der Waals surface area contributed by atoms with E-state index in [2.05, 4.69) is 44.0 Å². The Morgan fingerprint density at radius 1 is 1.03 bits per heavy atom. The van der Waals surface area contributed by atoms with Gasteiger partial charge in [-0.1, -0.05) is 44.0 Å². The van der Waals surface area contributed by atoms with E-state index in [4.69, 9.17) is 12.2 Å². The highest BCUT2D eigenvalue weighted by molar-refractivity contribution is 5.34. The quantitative estimate of drug-likeness (QED) is 0.595. The molecule has 0 amide bonds. The van der Waals surface area contributed by atoms with Crippen LogP contribution in [0.25, 0.3) is 0 Å². The van der Waals surface area contributed by atoms with Gasteiger partial charge in [-0.25, -0.2) is 4.39 Å². The highest BCUT2D eigenvalue weighted by Gasteiger charge is 2.43. The molecule has 0 spiro atoms. The standard InChI is InChI=1S/C28H34FN/c1-4-19-5-7-20(8-6-19)15-24-16-23(21-9-11-25(29)12-10-21)17-26(24)22-13-14-28(2,3)27(30)18-22/h1,5-12,22-24,26-27H,13-18,30H2,2-3H3. The van der Waals surface area contributed by atoms with Crippen LogP contribution in [0.1, 0.15) is 68.6 Å². The van der Waals surface area contributed by atoms with Crippen LogP contribution in [-0.4, -0.2) is 6.04 Å². The molecule has 2 saturated carbocycles. The number of halogens is 1. The summed E-state index contributed by atoms with van der Waals surface area (Å²) in [6, 6.07) is 15.9. The zero-order valence-corrected chi connectivity index (χ0v) is 18.3. The highest BCUT2D eigenvalue weighted by Crippen LogP contribution is 2.52. The molecule has 158 valence electrons. The Morgan fingerprint density at radius 2 is 1.73 bits per heavy atom. The van der Waals surface area contributed by atoms with Crippen LogP contribution in [0.2, 0.25) is 0 Å². The van der Waals surface area contributed by atoms with E-state index in [1.54, 1.807) is 12.1 Å². The maximum absolute atomic E-state index is 13.5. The molecule has 0 bridgehead atoms. The summed E-state index contributed by atoms with van der Waals surface area (Å²) in [5, 5.41) is 0. The molecule has 2 heteroatoms. The van der Waals surface area contributed by atoms with Gasteiger partial charge in [-0.2, -0.15) is 0 Å². The van der Waals surface area contributed by atoms with E-state index in [0.29, 0.717) is 23.7 Å². The van der Waals surface area contributed by atoms with Gasteiger partial charge in [-0.15, -0.1) is 6.42 Å². The summed E-state index contributed by atoms with van der Waals surface area (Å²) in [7, 11) is 0. The summed E-state index contributed by atoms with van der Waals surface area (Å²) >= 11 is 0. The molecule has 2 fully saturated rings. The van der Waals surface area contributed by atoms with Crippen molar-refractivity contribution in [2.24, 2.45) is 28.9 Å². The minimum absolute atomic E-state index is 0.154. The first-order chi connectivity index (χ1) is 14.4. The molecule has 0 heterocycles. The summed E-state index contributed by atoms with van der Waals surface area (Å²) < 4.78 is 13.5. The van der Waals surface area contributed by atoms with Gasteiger partial charge in [0.1, 0.15) is 5.82 Å². The van der Waals surface area contributed by atoms with Gasteiger partial charge in [0.25, 0.3) is 0 Å². The second kappa shape index (κ2) is 8.56. The number of benzene rings is 2. The molecule has 1 nitrogen and oxygen atoms in total. The molecule has 4 rings (SSSR count). The van der Waals surface area contributed by atoms with Crippen molar-refractivity contribution in [3.05, 3.63) is 71.0 Å². The second-order valence-corrected chi connectivity index (χ2v) is 10.3. The monoisotopic (exact) mass is 403 g/mol. The van der Waals surface area contributed by atoms with E-state index in [1.165, 1.54) is 36.8 Å². The van der Waals surface area contributed by atoms with E-state index < -0.39 is 0 Å². The third-order valence-electron chi connectivity index (χ3n) is 8.03. The predicted octanol–water partition coefficient (Wildman–Crippen LogP) is 6.31. The molecule has 5 unspecified atom stereocenters. The molecule has 2 N–H and O–H groups in total. The van der Waals surface area contributed by atoms with Crippen LogP contribution in [0.3, 0.4) is 0 Å².